The van der Waals surface area contributed by atoms with Crippen LogP contribution in [0.4, 0.5) is 0 Å². The summed E-state index contributed by atoms with van der Waals surface area (Å²) in [5.74, 6) is 0.808. The molecule has 4 nitrogen and oxygen atoms in total. The lowest BCUT2D eigenvalue weighted by Crippen LogP contribution is -2.49. The van der Waals surface area contributed by atoms with Crippen molar-refractivity contribution >= 4 is 0 Å². The minimum absolute atomic E-state index is 0.0508. The first-order valence-corrected chi connectivity index (χ1v) is 8.46. The second-order valence-electron chi connectivity index (χ2n) is 6.84. The van der Waals surface area contributed by atoms with Gasteiger partial charge in [0, 0.05) is 32.7 Å². The van der Waals surface area contributed by atoms with E-state index in [1.165, 1.54) is 38.8 Å². The van der Waals surface area contributed by atoms with Crippen LogP contribution in [0.1, 0.15) is 32.1 Å². The van der Waals surface area contributed by atoms with Crippen molar-refractivity contribution in [2.75, 3.05) is 46.1 Å². The van der Waals surface area contributed by atoms with Gasteiger partial charge in [-0.05, 0) is 38.1 Å². The molecule has 0 amide bonds. The molecule has 0 aromatic heterocycles. The molecule has 2 unspecified atom stereocenters. The van der Waals surface area contributed by atoms with Crippen molar-refractivity contribution in [3.05, 3.63) is 12.7 Å². The molecule has 0 aliphatic carbocycles. The van der Waals surface area contributed by atoms with Gasteiger partial charge in [-0.25, -0.2) is 0 Å². The topological polar surface area (TPSA) is 30.9 Å². The van der Waals surface area contributed by atoms with Crippen LogP contribution in [0, 0.1) is 5.92 Å². The number of ether oxygens (including phenoxy) is 3. The van der Waals surface area contributed by atoms with Crippen LogP contribution in [0.5, 0.6) is 0 Å². The van der Waals surface area contributed by atoms with E-state index in [-0.39, 0.29) is 11.7 Å². The van der Waals surface area contributed by atoms with Crippen LogP contribution in [-0.2, 0) is 14.2 Å². The Kier molecular flexibility index (Phi) is 5.33. The molecule has 3 rings (SSSR count). The maximum Gasteiger partial charge on any atom is 0.0841 e. The number of piperidine rings is 1. The maximum atomic E-state index is 6.18. The third-order valence-electron chi connectivity index (χ3n) is 5.10. The molecule has 4 heteroatoms. The Bertz CT molecular complexity index is 343. The molecule has 2 atom stereocenters. The van der Waals surface area contributed by atoms with Crippen LogP contribution in [0.25, 0.3) is 0 Å². The molecule has 3 aliphatic heterocycles. The van der Waals surface area contributed by atoms with Crippen LogP contribution in [0.15, 0.2) is 12.7 Å². The fourth-order valence-corrected chi connectivity index (χ4v) is 4.04. The second kappa shape index (κ2) is 7.23. The van der Waals surface area contributed by atoms with E-state index in [9.17, 15) is 0 Å². The van der Waals surface area contributed by atoms with Gasteiger partial charge in [-0.1, -0.05) is 6.08 Å². The van der Waals surface area contributed by atoms with Crippen LogP contribution >= 0.6 is 0 Å². The van der Waals surface area contributed by atoms with E-state index in [0.717, 1.165) is 38.7 Å². The van der Waals surface area contributed by atoms with Crippen molar-refractivity contribution in [1.82, 2.24) is 4.90 Å². The van der Waals surface area contributed by atoms with Gasteiger partial charge in [0.1, 0.15) is 0 Å². The quantitative estimate of drug-likeness (QED) is 0.728. The van der Waals surface area contributed by atoms with Crippen LogP contribution in [-0.4, -0.2) is 62.7 Å². The summed E-state index contributed by atoms with van der Waals surface area (Å²) in [4.78, 5) is 2.62. The first-order chi connectivity index (χ1) is 10.3. The van der Waals surface area contributed by atoms with E-state index in [2.05, 4.69) is 11.5 Å². The summed E-state index contributed by atoms with van der Waals surface area (Å²) in [7, 11) is 0. The lowest BCUT2D eigenvalue weighted by molar-refractivity contribution is -0.0589. The fourth-order valence-electron chi connectivity index (χ4n) is 4.04. The monoisotopic (exact) mass is 295 g/mol. The van der Waals surface area contributed by atoms with Gasteiger partial charge in [-0.3, -0.25) is 0 Å². The fraction of sp³-hybridized carbons (Fsp3) is 0.882. The lowest BCUT2D eigenvalue weighted by Gasteiger charge is -2.41. The molecule has 3 heterocycles. The molecule has 1 spiro atoms. The van der Waals surface area contributed by atoms with Gasteiger partial charge in [-0.2, -0.15) is 0 Å². The summed E-state index contributed by atoms with van der Waals surface area (Å²) >= 11 is 0. The Balaban J connectivity index is 1.49. The number of hydrogen-bond acceptors (Lipinski definition) is 4. The summed E-state index contributed by atoms with van der Waals surface area (Å²) in [6.45, 7) is 10.5. The zero-order valence-electron chi connectivity index (χ0n) is 13.1. The Labute approximate surface area is 128 Å². The predicted octanol–water partition coefficient (Wildman–Crippen LogP) is 2.24. The van der Waals surface area contributed by atoms with Crippen LogP contribution in [0.3, 0.4) is 0 Å². The zero-order chi connectivity index (χ0) is 14.5. The van der Waals surface area contributed by atoms with Crippen molar-refractivity contribution < 1.29 is 14.2 Å². The van der Waals surface area contributed by atoms with Gasteiger partial charge in [0.05, 0.1) is 24.9 Å². The van der Waals surface area contributed by atoms with Gasteiger partial charge in [0.25, 0.3) is 0 Å². The number of likely N-dealkylation sites (tertiary alicyclic amines) is 1. The summed E-state index contributed by atoms with van der Waals surface area (Å²) in [6, 6.07) is 0. The standard InChI is InChI=1S/C17H29NO3/c1-2-8-20-16-11-17(21-13-16)6-3-7-18(14-17)12-15-4-9-19-10-5-15/h2,15-16H,1,3-14H2. The lowest BCUT2D eigenvalue weighted by atomic mass is 9.88. The first-order valence-electron chi connectivity index (χ1n) is 8.46. The van der Waals surface area contributed by atoms with E-state index in [1.807, 2.05) is 6.08 Å². The molecular weight excluding hydrogens is 266 g/mol. The molecule has 3 aliphatic rings. The van der Waals surface area contributed by atoms with Crippen LogP contribution in [0.2, 0.25) is 0 Å². The highest BCUT2D eigenvalue weighted by Crippen LogP contribution is 2.36. The molecule has 0 aromatic rings. The highest BCUT2D eigenvalue weighted by molar-refractivity contribution is 4.96. The Morgan fingerprint density at radius 1 is 1.33 bits per heavy atom. The van der Waals surface area contributed by atoms with Crippen molar-refractivity contribution in [1.29, 1.82) is 0 Å². The highest BCUT2D eigenvalue weighted by atomic mass is 16.6. The van der Waals surface area contributed by atoms with E-state index >= 15 is 0 Å². The molecule has 0 N–H and O–H groups in total. The average molecular weight is 295 g/mol. The Morgan fingerprint density at radius 2 is 2.19 bits per heavy atom. The predicted molar refractivity (Wildman–Crippen MR) is 82.5 cm³/mol. The van der Waals surface area contributed by atoms with E-state index in [4.69, 9.17) is 14.2 Å². The van der Waals surface area contributed by atoms with Crippen molar-refractivity contribution in [2.45, 2.75) is 43.8 Å². The number of rotatable bonds is 5. The molecular formula is C17H29NO3. The number of hydrogen-bond donors (Lipinski definition) is 0. The van der Waals surface area contributed by atoms with Gasteiger partial charge in [-0.15, -0.1) is 6.58 Å². The molecule has 21 heavy (non-hydrogen) atoms. The van der Waals surface area contributed by atoms with Crippen molar-refractivity contribution in [3.8, 4) is 0 Å². The molecule has 0 bridgehead atoms. The summed E-state index contributed by atoms with van der Waals surface area (Å²) in [5.41, 5.74) is 0.0508. The normalized spacial score (nSPS) is 35.3. The van der Waals surface area contributed by atoms with E-state index < -0.39 is 0 Å². The van der Waals surface area contributed by atoms with E-state index in [1.54, 1.807) is 0 Å². The molecule has 0 aromatic carbocycles. The largest absolute Gasteiger partial charge is 0.381 e. The Morgan fingerprint density at radius 3 is 3.00 bits per heavy atom. The van der Waals surface area contributed by atoms with Crippen LogP contribution < -0.4 is 0 Å². The average Bonchev–Trinajstić information content (AvgIpc) is 2.89. The van der Waals surface area contributed by atoms with Gasteiger partial charge >= 0.3 is 0 Å². The van der Waals surface area contributed by atoms with Crippen molar-refractivity contribution in [3.63, 3.8) is 0 Å². The Hall–Kier alpha value is -0.420. The summed E-state index contributed by atoms with van der Waals surface area (Å²) < 4.78 is 17.4. The SMILES string of the molecule is C=CCOC1COC2(CCCN(CC3CCOCC3)C2)C1. The third kappa shape index (κ3) is 4.07. The second-order valence-corrected chi connectivity index (χ2v) is 6.84. The molecule has 3 fully saturated rings. The van der Waals surface area contributed by atoms with Gasteiger partial charge in [0.15, 0.2) is 0 Å². The van der Waals surface area contributed by atoms with Crippen molar-refractivity contribution in [2.24, 2.45) is 5.92 Å². The van der Waals surface area contributed by atoms with Gasteiger partial charge < -0.3 is 19.1 Å². The minimum atomic E-state index is 0.0508. The molecule has 3 saturated heterocycles. The maximum absolute atomic E-state index is 6.18. The molecule has 0 radical (unpaired) electrons. The highest BCUT2D eigenvalue weighted by Gasteiger charge is 2.44. The number of nitrogens with zero attached hydrogens (tertiary/aromatic N) is 1. The smallest absolute Gasteiger partial charge is 0.0841 e. The first kappa shape index (κ1) is 15.5. The summed E-state index contributed by atoms with van der Waals surface area (Å²) in [6.07, 6.45) is 7.99. The van der Waals surface area contributed by atoms with E-state index in [0.29, 0.717) is 6.61 Å². The summed E-state index contributed by atoms with van der Waals surface area (Å²) in [5, 5.41) is 0. The third-order valence-corrected chi connectivity index (χ3v) is 5.10. The molecule has 120 valence electrons. The zero-order valence-corrected chi connectivity index (χ0v) is 13.1. The minimum Gasteiger partial charge on any atom is -0.381 e. The molecule has 0 saturated carbocycles. The van der Waals surface area contributed by atoms with Gasteiger partial charge in [0.2, 0.25) is 0 Å².